The summed E-state index contributed by atoms with van der Waals surface area (Å²) in [5, 5.41) is 14.8. The number of benzene rings is 2. The first-order chi connectivity index (χ1) is 17.3. The molecule has 0 aromatic heterocycles. The van der Waals surface area contributed by atoms with Gasteiger partial charge in [0.25, 0.3) is 11.6 Å². The molecule has 36 heavy (non-hydrogen) atoms. The van der Waals surface area contributed by atoms with E-state index in [-0.39, 0.29) is 11.3 Å². The number of nitrogens with one attached hydrogen (secondary N) is 1. The minimum atomic E-state index is -0.508. The van der Waals surface area contributed by atoms with Crippen molar-refractivity contribution >= 4 is 34.6 Å². The number of hydrogen-bond donors (Lipinski definition) is 1. The lowest BCUT2D eigenvalue weighted by molar-refractivity contribution is -0.384. The first-order valence-corrected chi connectivity index (χ1v) is 12.3. The molecule has 2 aliphatic rings. The number of rotatable bonds is 6. The Bertz CT molecular complexity index is 1140. The first kappa shape index (κ1) is 25.4. The third kappa shape index (κ3) is 5.59. The number of carbonyl (C=O) groups is 2. The minimum absolute atomic E-state index is 0.0835. The zero-order valence-corrected chi connectivity index (χ0v) is 21.0. The number of likely N-dealkylation sites (N-methyl/N-ethyl adjacent to an activating group) is 1. The Morgan fingerprint density at radius 1 is 0.944 bits per heavy atom. The van der Waals surface area contributed by atoms with Crippen LogP contribution in [-0.2, 0) is 4.74 Å². The van der Waals surface area contributed by atoms with Crippen molar-refractivity contribution < 1.29 is 19.2 Å². The number of nitrogens with zero attached hydrogens (tertiary/aromatic N) is 4. The van der Waals surface area contributed by atoms with Crippen molar-refractivity contribution in [2.45, 2.75) is 19.8 Å². The normalized spacial score (nSPS) is 17.1. The molecule has 0 saturated carbocycles. The van der Waals surface area contributed by atoms with E-state index < -0.39 is 16.8 Å². The lowest BCUT2D eigenvalue weighted by atomic mass is 9.98. The van der Waals surface area contributed by atoms with Gasteiger partial charge in [-0.1, -0.05) is 6.92 Å². The molecule has 10 heteroatoms. The summed E-state index contributed by atoms with van der Waals surface area (Å²) in [6, 6.07) is 9.69. The van der Waals surface area contributed by atoms with Crippen LogP contribution in [0.2, 0.25) is 0 Å². The number of amides is 1. The number of carbonyl (C=O) groups excluding carboxylic acids is 2. The molecule has 0 bridgehead atoms. The lowest BCUT2D eigenvalue weighted by Crippen LogP contribution is -2.44. The zero-order chi connectivity index (χ0) is 25.8. The lowest BCUT2D eigenvalue weighted by Gasteiger charge is -2.35. The number of nitro groups is 1. The van der Waals surface area contributed by atoms with Crippen molar-refractivity contribution in [3.8, 4) is 0 Å². The van der Waals surface area contributed by atoms with E-state index in [1.54, 1.807) is 30.3 Å². The predicted octanol–water partition coefficient (Wildman–Crippen LogP) is 3.62. The average Bonchev–Trinajstić information content (AvgIpc) is 2.89. The minimum Gasteiger partial charge on any atom is -0.465 e. The van der Waals surface area contributed by atoms with Crippen LogP contribution in [0.4, 0.5) is 22.7 Å². The third-order valence-electron chi connectivity index (χ3n) is 7.07. The third-order valence-corrected chi connectivity index (χ3v) is 7.07. The van der Waals surface area contributed by atoms with Gasteiger partial charge >= 0.3 is 5.97 Å². The molecule has 4 rings (SSSR count). The second-order valence-corrected chi connectivity index (χ2v) is 9.60. The summed E-state index contributed by atoms with van der Waals surface area (Å²) < 4.78 is 4.85. The fraction of sp³-hybridized carbons (Fsp3) is 0.462. The monoisotopic (exact) mass is 495 g/mol. The maximum absolute atomic E-state index is 13.3. The van der Waals surface area contributed by atoms with Crippen LogP contribution in [0, 0.1) is 16.0 Å². The molecular weight excluding hydrogens is 462 g/mol. The van der Waals surface area contributed by atoms with Crippen molar-refractivity contribution in [1.29, 1.82) is 0 Å². The molecule has 2 saturated heterocycles. The number of piperazine rings is 1. The van der Waals surface area contributed by atoms with E-state index >= 15 is 0 Å². The van der Waals surface area contributed by atoms with Crippen LogP contribution in [0.5, 0.6) is 0 Å². The SMILES string of the molecule is COC(=O)c1ccc(N2CCN(C)CC2)c(NC(=O)c2ccc(N3CCC(C)CC3)c([N+](=O)[O-])c2)c1. The van der Waals surface area contributed by atoms with Gasteiger partial charge in [0.1, 0.15) is 5.69 Å². The number of ether oxygens (including phenoxy) is 1. The fourth-order valence-electron chi connectivity index (χ4n) is 4.73. The van der Waals surface area contributed by atoms with E-state index in [4.69, 9.17) is 4.74 Å². The topological polar surface area (TPSA) is 108 Å². The fourth-order valence-corrected chi connectivity index (χ4v) is 4.73. The standard InChI is InChI=1S/C26H33N5O5/c1-18-8-10-29(11-9-18)23-7-4-19(17-24(23)31(34)35)25(32)27-21-16-20(26(33)36-3)5-6-22(21)30-14-12-28(2)13-15-30/h4-7,16-18H,8-15H2,1-3H3,(H,27,32). The van der Waals surface area contributed by atoms with Crippen LogP contribution in [0.1, 0.15) is 40.5 Å². The molecule has 1 N–H and O–H groups in total. The highest BCUT2D eigenvalue weighted by Gasteiger charge is 2.26. The highest BCUT2D eigenvalue weighted by Crippen LogP contribution is 2.33. The van der Waals surface area contributed by atoms with Crippen molar-refractivity contribution in [1.82, 2.24) is 4.90 Å². The summed E-state index contributed by atoms with van der Waals surface area (Å²) in [6.07, 6.45) is 1.95. The quantitative estimate of drug-likeness (QED) is 0.368. The molecule has 0 aliphatic carbocycles. The van der Waals surface area contributed by atoms with Gasteiger partial charge in [-0.15, -0.1) is 0 Å². The van der Waals surface area contributed by atoms with Crippen molar-refractivity contribution in [2.24, 2.45) is 5.92 Å². The van der Waals surface area contributed by atoms with Crippen LogP contribution in [0.25, 0.3) is 0 Å². The molecule has 2 fully saturated rings. The highest BCUT2D eigenvalue weighted by atomic mass is 16.6. The van der Waals surface area contributed by atoms with E-state index in [2.05, 4.69) is 29.1 Å². The molecule has 192 valence electrons. The number of esters is 1. The molecule has 2 heterocycles. The highest BCUT2D eigenvalue weighted by molar-refractivity contribution is 6.07. The van der Waals surface area contributed by atoms with E-state index in [0.717, 1.165) is 57.8 Å². The molecule has 10 nitrogen and oxygen atoms in total. The smallest absolute Gasteiger partial charge is 0.337 e. The van der Waals surface area contributed by atoms with Gasteiger partial charge in [0.15, 0.2) is 0 Å². The molecule has 0 unspecified atom stereocenters. The number of piperidine rings is 1. The van der Waals surface area contributed by atoms with Crippen LogP contribution in [0.15, 0.2) is 36.4 Å². The Kier molecular flexibility index (Phi) is 7.73. The maximum atomic E-state index is 13.3. The Morgan fingerprint density at radius 3 is 2.19 bits per heavy atom. The number of anilines is 3. The average molecular weight is 496 g/mol. The molecule has 0 radical (unpaired) electrons. The molecular formula is C26H33N5O5. The van der Waals surface area contributed by atoms with Gasteiger partial charge < -0.3 is 24.8 Å². The van der Waals surface area contributed by atoms with Crippen molar-refractivity contribution in [3.63, 3.8) is 0 Å². The van der Waals surface area contributed by atoms with Crippen molar-refractivity contribution in [3.05, 3.63) is 57.6 Å². The molecule has 2 aliphatic heterocycles. The van der Waals surface area contributed by atoms with Gasteiger partial charge in [0.05, 0.1) is 29.0 Å². The Hall–Kier alpha value is -3.66. The largest absolute Gasteiger partial charge is 0.465 e. The summed E-state index contributed by atoms with van der Waals surface area (Å²) in [4.78, 5) is 43.3. The Labute approximate surface area is 211 Å². The van der Waals surface area contributed by atoms with Crippen LogP contribution < -0.4 is 15.1 Å². The van der Waals surface area contributed by atoms with Gasteiger partial charge in [0, 0.05) is 50.9 Å². The summed E-state index contributed by atoms with van der Waals surface area (Å²) in [5.74, 6) is -0.388. The second-order valence-electron chi connectivity index (χ2n) is 9.60. The van der Waals surface area contributed by atoms with E-state index in [1.807, 2.05) is 4.90 Å². The van der Waals surface area contributed by atoms with Gasteiger partial charge in [-0.3, -0.25) is 14.9 Å². The van der Waals surface area contributed by atoms with Crippen LogP contribution >= 0.6 is 0 Å². The second kappa shape index (κ2) is 10.9. The number of nitro benzene ring substituents is 1. The first-order valence-electron chi connectivity index (χ1n) is 12.3. The molecule has 0 atom stereocenters. The van der Waals surface area contributed by atoms with Crippen LogP contribution in [-0.4, -0.2) is 75.1 Å². The van der Waals surface area contributed by atoms with Crippen LogP contribution in [0.3, 0.4) is 0 Å². The summed E-state index contributed by atoms with van der Waals surface area (Å²) in [6.45, 7) is 6.97. The van der Waals surface area contributed by atoms with Gasteiger partial charge in [-0.05, 0) is 56.1 Å². The summed E-state index contributed by atoms with van der Waals surface area (Å²) in [5.41, 5.74) is 2.20. The molecule has 1 amide bonds. The van der Waals surface area contributed by atoms with Crippen molar-refractivity contribution in [2.75, 3.05) is 68.5 Å². The van der Waals surface area contributed by atoms with E-state index in [1.165, 1.54) is 13.2 Å². The Balaban J connectivity index is 1.62. The predicted molar refractivity (Wildman–Crippen MR) is 139 cm³/mol. The summed E-state index contributed by atoms with van der Waals surface area (Å²) in [7, 11) is 3.36. The van der Waals surface area contributed by atoms with E-state index in [0.29, 0.717) is 22.9 Å². The molecule has 2 aromatic rings. The van der Waals surface area contributed by atoms with Gasteiger partial charge in [-0.2, -0.15) is 0 Å². The number of hydrogen-bond acceptors (Lipinski definition) is 8. The van der Waals surface area contributed by atoms with E-state index in [9.17, 15) is 19.7 Å². The van der Waals surface area contributed by atoms with Gasteiger partial charge in [-0.25, -0.2) is 4.79 Å². The summed E-state index contributed by atoms with van der Waals surface area (Å²) >= 11 is 0. The zero-order valence-electron chi connectivity index (χ0n) is 21.0. The Morgan fingerprint density at radius 2 is 1.56 bits per heavy atom. The molecule has 2 aromatic carbocycles. The maximum Gasteiger partial charge on any atom is 0.337 e. The molecule has 0 spiro atoms. The van der Waals surface area contributed by atoms with Gasteiger partial charge in [0.2, 0.25) is 0 Å². The number of methoxy groups -OCH3 is 1.